The molecule has 0 saturated carbocycles. The zero-order valence-electron chi connectivity index (χ0n) is 18.8. The van der Waals surface area contributed by atoms with Crippen molar-refractivity contribution in [1.82, 2.24) is 10.2 Å². The van der Waals surface area contributed by atoms with Crippen LogP contribution in [0.25, 0.3) is 0 Å². The lowest BCUT2D eigenvalue weighted by Crippen LogP contribution is -2.45. The minimum atomic E-state index is -0.165. The van der Waals surface area contributed by atoms with Crippen LogP contribution < -0.4 is 5.32 Å². The van der Waals surface area contributed by atoms with Crippen LogP contribution in [-0.4, -0.2) is 36.1 Å². The Morgan fingerprint density at radius 1 is 1.06 bits per heavy atom. The molecule has 1 amide bonds. The molecule has 0 radical (unpaired) electrons. The van der Waals surface area contributed by atoms with E-state index >= 15 is 0 Å². The summed E-state index contributed by atoms with van der Waals surface area (Å²) in [6.07, 6.45) is 1.73. The van der Waals surface area contributed by atoms with Gasteiger partial charge in [-0.25, -0.2) is 0 Å². The summed E-state index contributed by atoms with van der Waals surface area (Å²) in [6, 6.07) is 24.0. The van der Waals surface area contributed by atoms with Crippen LogP contribution in [0.3, 0.4) is 0 Å². The van der Waals surface area contributed by atoms with Gasteiger partial charge in [-0.3, -0.25) is 4.79 Å². The predicted octanol–water partition coefficient (Wildman–Crippen LogP) is 5.20. The number of hydrogen-bond donors (Lipinski definition) is 2. The lowest BCUT2D eigenvalue weighted by atomic mass is 9.67. The van der Waals surface area contributed by atoms with Crippen LogP contribution in [-0.2, 0) is 18.6 Å². The third-order valence-electron chi connectivity index (χ3n) is 6.41. The molecule has 4 rings (SSSR count). The van der Waals surface area contributed by atoms with Crippen molar-refractivity contribution in [3.63, 3.8) is 0 Å². The number of likely N-dealkylation sites (N-methyl/N-ethyl adjacent to an activating group) is 1. The normalized spacial score (nSPS) is 17.7. The lowest BCUT2D eigenvalue weighted by Gasteiger charge is -2.44. The van der Waals surface area contributed by atoms with E-state index in [1.165, 1.54) is 16.7 Å². The summed E-state index contributed by atoms with van der Waals surface area (Å²) in [7, 11) is 2.16. The topological polar surface area (TPSA) is 52.6 Å². The highest BCUT2D eigenvalue weighted by Crippen LogP contribution is 2.42. The van der Waals surface area contributed by atoms with Gasteiger partial charge in [0.1, 0.15) is 0 Å². The molecule has 4 nitrogen and oxygen atoms in total. The highest BCUT2D eigenvalue weighted by atomic mass is 35.5. The predicted molar refractivity (Wildman–Crippen MR) is 136 cm³/mol. The summed E-state index contributed by atoms with van der Waals surface area (Å²) in [5, 5.41) is 13.3. The molecule has 0 aliphatic carbocycles. The fraction of sp³-hybridized carbons (Fsp3) is 0.296. The van der Waals surface area contributed by atoms with E-state index in [1.54, 1.807) is 12.1 Å². The van der Waals surface area contributed by atoms with Gasteiger partial charge in [0.05, 0.1) is 6.61 Å². The molecule has 6 heteroatoms. The largest absolute Gasteiger partial charge is 0.392 e. The molecule has 0 fully saturated rings. The molecular formula is C27H30Cl2N2O2. The van der Waals surface area contributed by atoms with Crippen LogP contribution >= 0.6 is 24.0 Å². The molecule has 3 aromatic rings. The van der Waals surface area contributed by atoms with Crippen LogP contribution in [0.5, 0.6) is 0 Å². The number of carbonyl (C=O) groups excluding carboxylic acids is 1. The Bertz CT molecular complexity index is 1090. The highest BCUT2D eigenvalue weighted by molar-refractivity contribution is 6.30. The standard InChI is InChI=1S/C27H29ClN2O2.ClH/c1-30-17-20-7-3-5-10-25(20)27(19-30,22-11-13-23(28)14-12-22)15-6-16-29-26(32)24-9-4-2-8-21(24)18-31;/h2-5,7-14,31H,6,15-19H2,1H3,(H,29,32);1H. The summed E-state index contributed by atoms with van der Waals surface area (Å²) in [5.74, 6) is -0.142. The van der Waals surface area contributed by atoms with Gasteiger partial charge < -0.3 is 15.3 Å². The molecule has 33 heavy (non-hydrogen) atoms. The van der Waals surface area contributed by atoms with E-state index in [2.05, 4.69) is 53.7 Å². The quantitative estimate of drug-likeness (QED) is 0.453. The Balaban J connectivity index is 0.00000306. The van der Waals surface area contributed by atoms with Crippen LogP contribution in [0.15, 0.2) is 72.8 Å². The maximum atomic E-state index is 12.7. The molecule has 1 aliphatic heterocycles. The van der Waals surface area contributed by atoms with Crippen LogP contribution in [0.1, 0.15) is 45.5 Å². The zero-order valence-corrected chi connectivity index (χ0v) is 20.3. The summed E-state index contributed by atoms with van der Waals surface area (Å²) < 4.78 is 0. The monoisotopic (exact) mass is 484 g/mol. The minimum absolute atomic E-state index is 0. The number of amides is 1. The first-order chi connectivity index (χ1) is 15.5. The molecule has 1 unspecified atom stereocenters. The number of carbonyl (C=O) groups is 1. The second-order valence-corrected chi connectivity index (χ2v) is 9.03. The van der Waals surface area contributed by atoms with Gasteiger partial charge in [0, 0.05) is 35.6 Å². The van der Waals surface area contributed by atoms with Gasteiger partial charge in [-0.05, 0) is 60.3 Å². The van der Waals surface area contributed by atoms with Crippen molar-refractivity contribution in [3.8, 4) is 0 Å². The molecule has 3 aromatic carbocycles. The van der Waals surface area contributed by atoms with Gasteiger partial charge in [-0.2, -0.15) is 0 Å². The summed E-state index contributed by atoms with van der Waals surface area (Å²) in [5.41, 5.74) is 4.96. The van der Waals surface area contributed by atoms with Crippen molar-refractivity contribution in [2.24, 2.45) is 0 Å². The summed E-state index contributed by atoms with van der Waals surface area (Å²) >= 11 is 6.19. The Hall–Kier alpha value is -2.37. The van der Waals surface area contributed by atoms with Crippen molar-refractivity contribution < 1.29 is 9.90 Å². The zero-order chi connectivity index (χ0) is 22.6. The third-order valence-corrected chi connectivity index (χ3v) is 6.66. The number of nitrogens with zero attached hydrogens (tertiary/aromatic N) is 1. The fourth-order valence-corrected chi connectivity index (χ4v) is 5.08. The Morgan fingerprint density at radius 3 is 2.52 bits per heavy atom. The van der Waals surface area contributed by atoms with Gasteiger partial charge in [0.15, 0.2) is 0 Å². The van der Waals surface area contributed by atoms with Crippen LogP contribution in [0.4, 0.5) is 0 Å². The van der Waals surface area contributed by atoms with Crippen molar-refractivity contribution in [3.05, 3.63) is 106 Å². The number of rotatable bonds is 7. The van der Waals surface area contributed by atoms with E-state index in [0.717, 1.165) is 31.0 Å². The Morgan fingerprint density at radius 2 is 1.76 bits per heavy atom. The van der Waals surface area contributed by atoms with Crippen molar-refractivity contribution in [2.45, 2.75) is 31.4 Å². The molecule has 1 heterocycles. The molecule has 0 bridgehead atoms. The van der Waals surface area contributed by atoms with Gasteiger partial charge >= 0.3 is 0 Å². The van der Waals surface area contributed by atoms with Crippen LogP contribution in [0.2, 0.25) is 5.02 Å². The van der Waals surface area contributed by atoms with E-state index in [9.17, 15) is 9.90 Å². The molecule has 0 aromatic heterocycles. The number of nitrogens with one attached hydrogen (secondary N) is 1. The highest BCUT2D eigenvalue weighted by Gasteiger charge is 2.39. The summed E-state index contributed by atoms with van der Waals surface area (Å²) in [4.78, 5) is 15.0. The van der Waals surface area contributed by atoms with Crippen LogP contribution in [0, 0.1) is 0 Å². The van der Waals surface area contributed by atoms with E-state index in [0.29, 0.717) is 17.7 Å². The minimum Gasteiger partial charge on any atom is -0.392 e. The average Bonchev–Trinajstić information content (AvgIpc) is 2.81. The number of aliphatic hydroxyl groups is 1. The Kier molecular flexibility index (Phi) is 8.55. The molecule has 2 N–H and O–H groups in total. The number of benzene rings is 3. The summed E-state index contributed by atoms with van der Waals surface area (Å²) in [6.45, 7) is 2.26. The second kappa shape index (κ2) is 11.2. The number of halogens is 2. The van der Waals surface area contributed by atoms with E-state index < -0.39 is 0 Å². The average molecular weight is 485 g/mol. The van der Waals surface area contributed by atoms with E-state index in [-0.39, 0.29) is 30.3 Å². The smallest absolute Gasteiger partial charge is 0.251 e. The maximum absolute atomic E-state index is 12.7. The van der Waals surface area contributed by atoms with Gasteiger partial charge in [-0.15, -0.1) is 12.4 Å². The first kappa shape index (κ1) is 25.3. The van der Waals surface area contributed by atoms with Crippen molar-refractivity contribution in [2.75, 3.05) is 20.1 Å². The molecular weight excluding hydrogens is 455 g/mol. The molecule has 1 aliphatic rings. The van der Waals surface area contributed by atoms with Gasteiger partial charge in [-0.1, -0.05) is 66.2 Å². The van der Waals surface area contributed by atoms with E-state index in [1.807, 2.05) is 24.3 Å². The fourth-order valence-electron chi connectivity index (χ4n) is 4.96. The van der Waals surface area contributed by atoms with Crippen molar-refractivity contribution >= 4 is 29.9 Å². The SMILES string of the molecule is CN1Cc2ccccc2C(CCCNC(=O)c2ccccc2CO)(c2ccc(Cl)cc2)C1.Cl. The second-order valence-electron chi connectivity index (χ2n) is 8.59. The first-order valence-corrected chi connectivity index (χ1v) is 11.4. The number of aliphatic hydroxyl groups excluding tert-OH is 1. The van der Waals surface area contributed by atoms with E-state index in [4.69, 9.17) is 11.6 Å². The number of hydrogen-bond acceptors (Lipinski definition) is 3. The number of fused-ring (bicyclic) bond motifs is 1. The molecule has 0 spiro atoms. The van der Waals surface area contributed by atoms with Gasteiger partial charge in [0.25, 0.3) is 5.91 Å². The first-order valence-electron chi connectivity index (χ1n) is 11.0. The van der Waals surface area contributed by atoms with Crippen molar-refractivity contribution in [1.29, 1.82) is 0 Å². The van der Waals surface area contributed by atoms with Gasteiger partial charge in [0.2, 0.25) is 0 Å². The molecule has 1 atom stereocenters. The lowest BCUT2D eigenvalue weighted by molar-refractivity contribution is 0.0948. The molecule has 0 saturated heterocycles. The Labute approximate surface area is 207 Å². The third kappa shape index (κ3) is 5.42. The molecule has 174 valence electrons. The maximum Gasteiger partial charge on any atom is 0.251 e.